The Bertz CT molecular complexity index is 874. The molecule has 0 saturated carbocycles. The van der Waals surface area contributed by atoms with Crippen molar-refractivity contribution < 1.29 is 9.53 Å². The molecule has 22 heavy (non-hydrogen) atoms. The molecule has 4 rings (SSSR count). The zero-order chi connectivity index (χ0) is 14.9. The lowest BCUT2D eigenvalue weighted by Gasteiger charge is -2.07. The van der Waals surface area contributed by atoms with E-state index in [1.807, 2.05) is 48.5 Å². The Labute approximate surface area is 127 Å². The maximum atomic E-state index is 12.3. The van der Waals surface area contributed by atoms with E-state index in [0.29, 0.717) is 18.0 Å². The van der Waals surface area contributed by atoms with Crippen LogP contribution in [-0.2, 0) is 6.42 Å². The smallest absolute Gasteiger partial charge is 0.256 e. The largest absolute Gasteiger partial charge is 0.493 e. The summed E-state index contributed by atoms with van der Waals surface area (Å²) in [5.74, 6) is 1.17. The maximum Gasteiger partial charge on any atom is 0.256 e. The number of nitrogens with one attached hydrogen (secondary N) is 1. The number of fused-ring (bicyclic) bond motifs is 2. The summed E-state index contributed by atoms with van der Waals surface area (Å²) in [6.07, 6.45) is 0.906. The molecule has 0 radical (unpaired) electrons. The minimum atomic E-state index is -0.180. The summed E-state index contributed by atoms with van der Waals surface area (Å²) in [6, 6.07) is 17.1. The first-order valence-corrected chi connectivity index (χ1v) is 7.22. The highest BCUT2D eigenvalue weighted by Crippen LogP contribution is 2.26. The van der Waals surface area contributed by atoms with E-state index in [1.54, 1.807) is 6.07 Å². The first-order valence-electron chi connectivity index (χ1n) is 7.22. The summed E-state index contributed by atoms with van der Waals surface area (Å²) in [6.45, 7) is 0.687. The van der Waals surface area contributed by atoms with E-state index in [-0.39, 0.29) is 5.91 Å². The summed E-state index contributed by atoms with van der Waals surface area (Å²) in [5, 5.41) is 3.88. The van der Waals surface area contributed by atoms with Gasteiger partial charge in [0, 0.05) is 17.4 Å². The molecule has 4 heteroatoms. The van der Waals surface area contributed by atoms with Crippen molar-refractivity contribution in [2.45, 2.75) is 6.42 Å². The zero-order valence-corrected chi connectivity index (χ0v) is 11.9. The van der Waals surface area contributed by atoms with Gasteiger partial charge < -0.3 is 10.1 Å². The summed E-state index contributed by atoms with van der Waals surface area (Å²) in [4.78, 5) is 16.8. The molecule has 0 bridgehead atoms. The number of para-hydroxylation sites is 1. The molecule has 0 spiro atoms. The Kier molecular flexibility index (Phi) is 3.00. The Hall–Kier alpha value is -2.88. The fraction of sp³-hybridized carbons (Fsp3) is 0.111. The van der Waals surface area contributed by atoms with Crippen LogP contribution in [0.25, 0.3) is 10.9 Å². The van der Waals surface area contributed by atoms with Crippen molar-refractivity contribution in [1.82, 2.24) is 4.98 Å². The highest BCUT2D eigenvalue weighted by molar-refractivity contribution is 6.04. The van der Waals surface area contributed by atoms with Gasteiger partial charge in [-0.25, -0.2) is 4.98 Å². The number of carbonyl (C=O) groups excluding carboxylic acids is 1. The average Bonchev–Trinajstić information content (AvgIpc) is 3.02. The van der Waals surface area contributed by atoms with E-state index in [4.69, 9.17) is 4.74 Å². The Morgan fingerprint density at radius 2 is 2.00 bits per heavy atom. The lowest BCUT2D eigenvalue weighted by atomic mass is 10.1. The van der Waals surface area contributed by atoms with Crippen molar-refractivity contribution in [1.29, 1.82) is 0 Å². The van der Waals surface area contributed by atoms with Gasteiger partial charge in [-0.2, -0.15) is 0 Å². The Morgan fingerprint density at radius 1 is 1.09 bits per heavy atom. The predicted octanol–water partition coefficient (Wildman–Crippen LogP) is 3.42. The second kappa shape index (κ2) is 5.15. The molecule has 4 nitrogen and oxygen atoms in total. The maximum absolute atomic E-state index is 12.3. The lowest BCUT2D eigenvalue weighted by Crippen LogP contribution is -2.13. The second-order valence-electron chi connectivity index (χ2n) is 5.26. The molecule has 0 fully saturated rings. The molecule has 1 aliphatic heterocycles. The summed E-state index contributed by atoms with van der Waals surface area (Å²) in [5.41, 5.74) is 2.59. The number of hydrogen-bond acceptors (Lipinski definition) is 3. The lowest BCUT2D eigenvalue weighted by molar-refractivity contribution is 0.102. The van der Waals surface area contributed by atoms with Crippen LogP contribution in [0.5, 0.6) is 5.75 Å². The molecule has 108 valence electrons. The Morgan fingerprint density at radius 3 is 2.95 bits per heavy atom. The van der Waals surface area contributed by atoms with Crippen molar-refractivity contribution in [3.8, 4) is 5.75 Å². The van der Waals surface area contributed by atoms with Crippen molar-refractivity contribution in [2.24, 2.45) is 0 Å². The van der Waals surface area contributed by atoms with Gasteiger partial charge in [-0.1, -0.05) is 24.3 Å². The third kappa shape index (κ3) is 2.29. The highest BCUT2D eigenvalue weighted by Gasteiger charge is 2.15. The molecule has 1 aliphatic rings. The van der Waals surface area contributed by atoms with Crippen LogP contribution >= 0.6 is 0 Å². The van der Waals surface area contributed by atoms with Gasteiger partial charge in [-0.3, -0.25) is 4.79 Å². The third-order valence-corrected chi connectivity index (χ3v) is 3.80. The number of amides is 1. The fourth-order valence-corrected chi connectivity index (χ4v) is 2.63. The first-order chi connectivity index (χ1) is 10.8. The molecule has 1 amide bonds. The van der Waals surface area contributed by atoms with Gasteiger partial charge in [0.15, 0.2) is 0 Å². The number of pyridine rings is 1. The third-order valence-electron chi connectivity index (χ3n) is 3.80. The fourth-order valence-electron chi connectivity index (χ4n) is 2.63. The van der Waals surface area contributed by atoms with Crippen molar-refractivity contribution in [2.75, 3.05) is 11.9 Å². The molecule has 1 N–H and O–H groups in total. The average molecular weight is 290 g/mol. The summed E-state index contributed by atoms with van der Waals surface area (Å²) in [7, 11) is 0. The number of aromatic nitrogens is 1. The van der Waals surface area contributed by atoms with Gasteiger partial charge in [0.1, 0.15) is 11.6 Å². The minimum Gasteiger partial charge on any atom is -0.493 e. The topological polar surface area (TPSA) is 51.2 Å². The van der Waals surface area contributed by atoms with Crippen LogP contribution in [0.1, 0.15) is 15.9 Å². The van der Waals surface area contributed by atoms with Gasteiger partial charge in [0.05, 0.1) is 12.1 Å². The van der Waals surface area contributed by atoms with E-state index in [0.717, 1.165) is 28.6 Å². The predicted molar refractivity (Wildman–Crippen MR) is 85.3 cm³/mol. The molecular formula is C18H14N2O2. The monoisotopic (exact) mass is 290 g/mol. The van der Waals surface area contributed by atoms with Crippen molar-refractivity contribution in [3.05, 3.63) is 65.7 Å². The number of benzene rings is 2. The molecule has 0 saturated heterocycles. The van der Waals surface area contributed by atoms with Gasteiger partial charge in [-0.05, 0) is 35.9 Å². The SMILES string of the molecule is O=C(Nc1ccc2ccccc2n1)c1ccc2c(c1)OCC2. The zero-order valence-electron chi connectivity index (χ0n) is 11.9. The quantitative estimate of drug-likeness (QED) is 0.786. The van der Waals surface area contributed by atoms with Crippen LogP contribution in [0, 0.1) is 0 Å². The molecule has 2 heterocycles. The second-order valence-corrected chi connectivity index (χ2v) is 5.26. The first kappa shape index (κ1) is 12.8. The van der Waals surface area contributed by atoms with Crippen LogP contribution in [0.4, 0.5) is 5.82 Å². The molecule has 2 aromatic carbocycles. The molecule has 3 aromatic rings. The van der Waals surface area contributed by atoms with Crippen molar-refractivity contribution >= 4 is 22.6 Å². The van der Waals surface area contributed by atoms with E-state index in [9.17, 15) is 4.79 Å². The van der Waals surface area contributed by atoms with Gasteiger partial charge in [0.25, 0.3) is 5.91 Å². The summed E-state index contributed by atoms with van der Waals surface area (Å²) >= 11 is 0. The number of ether oxygens (including phenoxy) is 1. The van der Waals surface area contributed by atoms with E-state index >= 15 is 0 Å². The number of nitrogens with zero attached hydrogens (tertiary/aromatic N) is 1. The Balaban J connectivity index is 1.60. The number of hydrogen-bond donors (Lipinski definition) is 1. The van der Waals surface area contributed by atoms with Gasteiger partial charge in [-0.15, -0.1) is 0 Å². The van der Waals surface area contributed by atoms with Crippen LogP contribution in [-0.4, -0.2) is 17.5 Å². The minimum absolute atomic E-state index is 0.180. The van der Waals surface area contributed by atoms with Crippen LogP contribution in [0.2, 0.25) is 0 Å². The van der Waals surface area contributed by atoms with Crippen LogP contribution in [0.3, 0.4) is 0 Å². The summed E-state index contributed by atoms with van der Waals surface area (Å²) < 4.78 is 5.50. The van der Waals surface area contributed by atoms with Gasteiger partial charge in [0.2, 0.25) is 0 Å². The normalized spacial score (nSPS) is 12.7. The number of anilines is 1. The van der Waals surface area contributed by atoms with Crippen LogP contribution in [0.15, 0.2) is 54.6 Å². The van der Waals surface area contributed by atoms with E-state index in [1.165, 1.54) is 0 Å². The number of carbonyl (C=O) groups is 1. The standard InChI is InChI=1S/C18H14N2O2/c21-18(14-6-5-13-9-10-22-16(13)11-14)20-17-8-7-12-3-1-2-4-15(12)19-17/h1-8,11H,9-10H2,(H,19,20,21). The molecule has 0 aliphatic carbocycles. The van der Waals surface area contributed by atoms with Crippen LogP contribution < -0.4 is 10.1 Å². The van der Waals surface area contributed by atoms with E-state index in [2.05, 4.69) is 10.3 Å². The van der Waals surface area contributed by atoms with Gasteiger partial charge >= 0.3 is 0 Å². The van der Waals surface area contributed by atoms with Crippen molar-refractivity contribution in [3.63, 3.8) is 0 Å². The van der Waals surface area contributed by atoms with E-state index < -0.39 is 0 Å². The molecule has 1 aromatic heterocycles. The molecule has 0 unspecified atom stereocenters. The molecular weight excluding hydrogens is 276 g/mol. The number of rotatable bonds is 2. The molecule has 0 atom stereocenters. The highest BCUT2D eigenvalue weighted by atomic mass is 16.5.